The maximum atomic E-state index is 12.3. The molecule has 2 aromatic carbocycles. The Morgan fingerprint density at radius 3 is 2.89 bits per heavy atom. The predicted molar refractivity (Wildman–Crippen MR) is 121 cm³/mol. The average Bonchev–Trinajstić information content (AvgIpc) is 3.14. The number of guanidine groups is 1. The zero-order valence-corrected chi connectivity index (χ0v) is 17.9. The highest BCUT2D eigenvalue weighted by atomic mass is 127. The van der Waals surface area contributed by atoms with E-state index in [0.717, 1.165) is 36.3 Å². The summed E-state index contributed by atoms with van der Waals surface area (Å²) in [4.78, 5) is 16.5. The molecule has 0 radical (unpaired) electrons. The molecule has 0 saturated carbocycles. The molecule has 148 valence electrons. The van der Waals surface area contributed by atoms with Gasteiger partial charge < -0.3 is 21.1 Å². The standard InChI is InChI=1S/C21H24N4O2.HI/c22-21(24-16-9-8-14-4-3-5-15(14)12-16)23-13-20(26)25-18-10-11-27-19-7-2-1-6-17(18)19;/h1-2,6-9,12,18H,3-5,10-11,13H2,(H,25,26)(H3,22,23,24);1H. The smallest absolute Gasteiger partial charge is 0.242 e. The number of nitrogens with one attached hydrogen (secondary N) is 2. The van der Waals surface area contributed by atoms with Crippen molar-refractivity contribution in [2.75, 3.05) is 18.5 Å². The molecule has 1 aliphatic heterocycles. The maximum Gasteiger partial charge on any atom is 0.242 e. The molecule has 0 bridgehead atoms. The second kappa shape index (κ2) is 9.27. The van der Waals surface area contributed by atoms with Crippen molar-refractivity contribution in [2.45, 2.75) is 31.7 Å². The van der Waals surface area contributed by atoms with Gasteiger partial charge in [-0.05, 0) is 48.6 Å². The number of anilines is 1. The number of amides is 1. The number of fused-ring (bicyclic) bond motifs is 2. The fraction of sp³-hybridized carbons (Fsp3) is 0.333. The number of aliphatic imine (C=N–C) groups is 1. The lowest BCUT2D eigenvalue weighted by molar-refractivity contribution is -0.120. The first-order valence-corrected chi connectivity index (χ1v) is 9.39. The van der Waals surface area contributed by atoms with Gasteiger partial charge in [-0.1, -0.05) is 24.3 Å². The van der Waals surface area contributed by atoms with Crippen LogP contribution in [0.25, 0.3) is 0 Å². The highest BCUT2D eigenvalue weighted by molar-refractivity contribution is 14.0. The molecule has 28 heavy (non-hydrogen) atoms. The molecule has 1 atom stereocenters. The van der Waals surface area contributed by atoms with Gasteiger partial charge in [-0.3, -0.25) is 4.79 Å². The lowest BCUT2D eigenvalue weighted by atomic mass is 10.0. The van der Waals surface area contributed by atoms with Crippen LogP contribution in [0.2, 0.25) is 0 Å². The van der Waals surface area contributed by atoms with E-state index >= 15 is 0 Å². The number of carbonyl (C=O) groups is 1. The van der Waals surface area contributed by atoms with Crippen molar-refractivity contribution in [3.63, 3.8) is 0 Å². The van der Waals surface area contributed by atoms with Crippen LogP contribution in [0.15, 0.2) is 47.5 Å². The summed E-state index contributed by atoms with van der Waals surface area (Å²) < 4.78 is 5.62. The summed E-state index contributed by atoms with van der Waals surface area (Å²) in [5.41, 5.74) is 10.6. The number of rotatable bonds is 4. The minimum atomic E-state index is -0.157. The van der Waals surface area contributed by atoms with Crippen LogP contribution in [-0.4, -0.2) is 25.0 Å². The molecule has 4 rings (SSSR count). The van der Waals surface area contributed by atoms with Crippen molar-refractivity contribution in [3.8, 4) is 5.75 Å². The van der Waals surface area contributed by atoms with Crippen LogP contribution < -0.4 is 21.1 Å². The Hall–Kier alpha value is -2.29. The molecular formula is C21H25IN4O2. The summed E-state index contributed by atoms with van der Waals surface area (Å²) in [6, 6.07) is 14.0. The van der Waals surface area contributed by atoms with Crippen LogP contribution in [0.5, 0.6) is 5.75 Å². The van der Waals surface area contributed by atoms with Gasteiger partial charge in [0.25, 0.3) is 0 Å². The van der Waals surface area contributed by atoms with E-state index in [1.165, 1.54) is 17.5 Å². The number of ether oxygens (including phenoxy) is 1. The molecule has 0 aromatic heterocycles. The van der Waals surface area contributed by atoms with Crippen molar-refractivity contribution in [1.29, 1.82) is 0 Å². The molecule has 0 saturated heterocycles. The summed E-state index contributed by atoms with van der Waals surface area (Å²) in [5.74, 6) is 0.918. The second-order valence-corrected chi connectivity index (χ2v) is 6.96. The topological polar surface area (TPSA) is 88.7 Å². The van der Waals surface area contributed by atoms with Gasteiger partial charge in [0.05, 0.1) is 12.6 Å². The average molecular weight is 492 g/mol. The van der Waals surface area contributed by atoms with E-state index in [1.54, 1.807) is 0 Å². The van der Waals surface area contributed by atoms with Gasteiger partial charge >= 0.3 is 0 Å². The molecule has 2 aromatic rings. The third-order valence-corrected chi connectivity index (χ3v) is 5.06. The number of benzene rings is 2. The first-order chi connectivity index (χ1) is 13.2. The van der Waals surface area contributed by atoms with Gasteiger partial charge in [0, 0.05) is 17.7 Å². The highest BCUT2D eigenvalue weighted by Crippen LogP contribution is 2.31. The Kier molecular flexibility index (Phi) is 6.77. The Morgan fingerprint density at radius 1 is 1.18 bits per heavy atom. The van der Waals surface area contributed by atoms with E-state index in [-0.39, 0.29) is 48.4 Å². The number of hydrogen-bond donors (Lipinski definition) is 3. The third kappa shape index (κ3) is 4.76. The molecule has 1 unspecified atom stereocenters. The van der Waals surface area contributed by atoms with E-state index in [2.05, 4.69) is 27.8 Å². The van der Waals surface area contributed by atoms with E-state index in [9.17, 15) is 4.79 Å². The maximum absolute atomic E-state index is 12.3. The SMILES string of the molecule is I.NC(=NCC(=O)NC1CCOc2ccccc21)Nc1ccc2c(c1)CCC2. The van der Waals surface area contributed by atoms with Gasteiger partial charge in [-0.2, -0.15) is 0 Å². The van der Waals surface area contributed by atoms with Gasteiger partial charge in [-0.25, -0.2) is 4.99 Å². The number of carbonyl (C=O) groups excluding carboxylic acids is 1. The van der Waals surface area contributed by atoms with Crippen molar-refractivity contribution in [3.05, 3.63) is 59.2 Å². The molecule has 4 N–H and O–H groups in total. The number of halogens is 1. The normalized spacial score (nSPS) is 17.6. The molecular weight excluding hydrogens is 467 g/mol. The summed E-state index contributed by atoms with van der Waals surface area (Å²) in [6.07, 6.45) is 4.21. The monoisotopic (exact) mass is 492 g/mol. The van der Waals surface area contributed by atoms with E-state index in [4.69, 9.17) is 10.5 Å². The van der Waals surface area contributed by atoms with E-state index < -0.39 is 0 Å². The fourth-order valence-electron chi connectivity index (χ4n) is 3.73. The number of nitrogens with two attached hydrogens (primary N) is 1. The predicted octanol–water partition coefficient (Wildman–Crippen LogP) is 3.16. The first-order valence-electron chi connectivity index (χ1n) is 9.39. The molecule has 6 nitrogen and oxygen atoms in total. The van der Waals surface area contributed by atoms with Gasteiger partial charge in [0.1, 0.15) is 12.3 Å². The molecule has 1 heterocycles. The summed E-state index contributed by atoms with van der Waals surface area (Å²) in [7, 11) is 0. The number of hydrogen-bond acceptors (Lipinski definition) is 3. The summed E-state index contributed by atoms with van der Waals surface area (Å²) in [5, 5.41) is 6.09. The fourth-order valence-corrected chi connectivity index (χ4v) is 3.73. The molecule has 1 amide bonds. The Labute approximate surface area is 182 Å². The number of nitrogens with zero attached hydrogens (tertiary/aromatic N) is 1. The van der Waals surface area contributed by atoms with Crippen LogP contribution in [-0.2, 0) is 17.6 Å². The van der Waals surface area contributed by atoms with Gasteiger partial charge in [0.2, 0.25) is 5.91 Å². The zero-order valence-electron chi connectivity index (χ0n) is 15.6. The van der Waals surface area contributed by atoms with Crippen LogP contribution in [0.3, 0.4) is 0 Å². The summed E-state index contributed by atoms with van der Waals surface area (Å²) >= 11 is 0. The molecule has 0 fully saturated rings. The lowest BCUT2D eigenvalue weighted by Crippen LogP contribution is -2.34. The van der Waals surface area contributed by atoms with Crippen molar-refractivity contribution in [2.24, 2.45) is 10.7 Å². The number of aryl methyl sites for hydroxylation is 2. The van der Waals surface area contributed by atoms with Crippen LogP contribution in [0.4, 0.5) is 5.69 Å². The summed E-state index contributed by atoms with van der Waals surface area (Å²) in [6.45, 7) is 0.580. The third-order valence-electron chi connectivity index (χ3n) is 5.06. The molecule has 7 heteroatoms. The molecule has 2 aliphatic rings. The zero-order chi connectivity index (χ0) is 18.6. The van der Waals surface area contributed by atoms with Crippen LogP contribution in [0, 0.1) is 0 Å². The second-order valence-electron chi connectivity index (χ2n) is 6.96. The molecule has 0 spiro atoms. The lowest BCUT2D eigenvalue weighted by Gasteiger charge is -2.26. The minimum absolute atomic E-state index is 0. The number of para-hydroxylation sites is 1. The van der Waals surface area contributed by atoms with Crippen LogP contribution >= 0.6 is 24.0 Å². The Bertz CT molecular complexity index is 884. The van der Waals surface area contributed by atoms with Crippen molar-refractivity contribution in [1.82, 2.24) is 5.32 Å². The van der Waals surface area contributed by atoms with Gasteiger partial charge in [0.15, 0.2) is 5.96 Å². The van der Waals surface area contributed by atoms with E-state index in [1.807, 2.05) is 30.3 Å². The van der Waals surface area contributed by atoms with Crippen molar-refractivity contribution >= 4 is 41.5 Å². The quantitative estimate of drug-likeness (QED) is 0.348. The van der Waals surface area contributed by atoms with Gasteiger partial charge in [-0.15, -0.1) is 24.0 Å². The molecule has 1 aliphatic carbocycles. The Morgan fingerprint density at radius 2 is 2.00 bits per heavy atom. The highest BCUT2D eigenvalue weighted by Gasteiger charge is 2.22. The minimum Gasteiger partial charge on any atom is -0.493 e. The Balaban J connectivity index is 0.00000225. The first kappa shape index (κ1) is 20.4. The largest absolute Gasteiger partial charge is 0.493 e. The van der Waals surface area contributed by atoms with Crippen LogP contribution in [0.1, 0.15) is 35.6 Å². The van der Waals surface area contributed by atoms with Crippen molar-refractivity contribution < 1.29 is 9.53 Å². The van der Waals surface area contributed by atoms with E-state index in [0.29, 0.717) is 6.61 Å².